The minimum atomic E-state index is -0.872. The summed E-state index contributed by atoms with van der Waals surface area (Å²) in [5.74, 6) is -0.184. The number of hydrogen-bond acceptors (Lipinski definition) is 2. The second kappa shape index (κ2) is 8.33. The first-order valence-corrected chi connectivity index (χ1v) is 11.9. The Morgan fingerprint density at radius 2 is 1.45 bits per heavy atom. The highest BCUT2D eigenvalue weighted by Crippen LogP contribution is 2.47. The number of benzene rings is 2. The summed E-state index contributed by atoms with van der Waals surface area (Å²) < 4.78 is 0. The van der Waals surface area contributed by atoms with Gasteiger partial charge in [-0.15, -0.1) is 0 Å². The van der Waals surface area contributed by atoms with Crippen LogP contribution in [0.25, 0.3) is 0 Å². The molecule has 3 nitrogen and oxygen atoms in total. The second-order valence-corrected chi connectivity index (χ2v) is 11.0. The van der Waals surface area contributed by atoms with Gasteiger partial charge < -0.3 is 10.0 Å². The van der Waals surface area contributed by atoms with Gasteiger partial charge in [0.05, 0.1) is 5.56 Å². The van der Waals surface area contributed by atoms with Gasteiger partial charge in [-0.1, -0.05) is 53.0 Å². The predicted octanol–water partition coefficient (Wildman–Crippen LogP) is 7.45. The maximum atomic E-state index is 11.3. The van der Waals surface area contributed by atoms with Gasteiger partial charge >= 0.3 is 5.97 Å². The Kier molecular flexibility index (Phi) is 5.89. The molecule has 2 aromatic carbocycles. The van der Waals surface area contributed by atoms with E-state index >= 15 is 0 Å². The maximum Gasteiger partial charge on any atom is 0.335 e. The summed E-state index contributed by atoms with van der Waals surface area (Å²) in [4.78, 5) is 13.8. The van der Waals surface area contributed by atoms with Crippen LogP contribution in [-0.2, 0) is 10.8 Å². The Balaban J connectivity index is 1.75. The van der Waals surface area contributed by atoms with Gasteiger partial charge in [0.15, 0.2) is 0 Å². The third-order valence-corrected chi connectivity index (χ3v) is 7.74. The number of aromatic carboxylic acids is 1. The molecule has 0 radical (unpaired) electrons. The van der Waals surface area contributed by atoms with Crippen LogP contribution in [0.2, 0.25) is 0 Å². The summed E-state index contributed by atoms with van der Waals surface area (Å²) in [6, 6.07) is 14.5. The van der Waals surface area contributed by atoms with Crippen molar-refractivity contribution >= 4 is 17.3 Å². The summed E-state index contributed by atoms with van der Waals surface area (Å²) in [6.45, 7) is 10.5. The molecule has 0 bridgehead atoms. The molecule has 0 saturated heterocycles. The molecular formula is C28H37NO2. The molecule has 1 fully saturated rings. The largest absolute Gasteiger partial charge is 0.478 e. The summed E-state index contributed by atoms with van der Waals surface area (Å²) in [5, 5.41) is 9.32. The Morgan fingerprint density at radius 1 is 0.871 bits per heavy atom. The molecule has 2 aromatic rings. The average molecular weight is 420 g/mol. The molecule has 0 aliphatic heterocycles. The van der Waals surface area contributed by atoms with Crippen LogP contribution in [0.15, 0.2) is 42.5 Å². The number of nitrogens with zero attached hydrogens (tertiary/aromatic N) is 1. The first-order valence-electron chi connectivity index (χ1n) is 11.9. The Bertz CT molecular complexity index is 936. The number of fused-ring (bicyclic) bond motifs is 1. The van der Waals surface area contributed by atoms with Gasteiger partial charge in [-0.25, -0.2) is 4.79 Å². The fourth-order valence-electron chi connectivity index (χ4n) is 5.52. The molecule has 3 heteroatoms. The van der Waals surface area contributed by atoms with Crippen molar-refractivity contribution in [3.05, 3.63) is 59.2 Å². The van der Waals surface area contributed by atoms with E-state index in [1.54, 1.807) is 12.1 Å². The molecule has 4 rings (SSSR count). The van der Waals surface area contributed by atoms with Gasteiger partial charge in [0.25, 0.3) is 0 Å². The summed E-state index contributed by atoms with van der Waals surface area (Å²) in [5.41, 5.74) is 5.99. The smallest absolute Gasteiger partial charge is 0.335 e. The van der Waals surface area contributed by atoms with E-state index in [0.29, 0.717) is 11.5 Å². The number of carbonyl (C=O) groups is 1. The zero-order chi connectivity index (χ0) is 22.2. The van der Waals surface area contributed by atoms with E-state index in [4.69, 9.17) is 0 Å². The molecule has 0 amide bonds. The normalized spacial score (nSPS) is 20.1. The highest BCUT2D eigenvalue weighted by molar-refractivity contribution is 5.88. The molecular weight excluding hydrogens is 382 g/mol. The highest BCUT2D eigenvalue weighted by atomic mass is 16.4. The fourth-order valence-corrected chi connectivity index (χ4v) is 5.52. The van der Waals surface area contributed by atoms with Gasteiger partial charge in [0.1, 0.15) is 0 Å². The average Bonchev–Trinajstić information content (AvgIpc) is 2.76. The van der Waals surface area contributed by atoms with Crippen LogP contribution >= 0.6 is 0 Å². The van der Waals surface area contributed by atoms with E-state index in [-0.39, 0.29) is 10.8 Å². The number of hydrogen-bond donors (Lipinski definition) is 1. The van der Waals surface area contributed by atoms with Crippen molar-refractivity contribution in [2.75, 3.05) is 11.4 Å². The molecule has 0 atom stereocenters. The molecule has 1 N–H and O–H groups in total. The lowest BCUT2D eigenvalue weighted by molar-refractivity contribution is 0.0697. The van der Waals surface area contributed by atoms with Crippen LogP contribution in [-0.4, -0.2) is 17.6 Å². The molecule has 0 aromatic heterocycles. The molecule has 2 aliphatic carbocycles. The SMILES string of the molecule is CC1(C)CCC(C)(C)c2cc(N(CC3CCCCC3)c3ccc(C(=O)O)cc3)ccc21. The zero-order valence-corrected chi connectivity index (χ0v) is 19.6. The molecule has 0 spiro atoms. The third kappa shape index (κ3) is 4.51. The van der Waals surface area contributed by atoms with Gasteiger partial charge in [-0.2, -0.15) is 0 Å². The van der Waals surface area contributed by atoms with Crippen molar-refractivity contribution in [1.29, 1.82) is 0 Å². The fraction of sp³-hybridized carbons (Fsp3) is 0.536. The molecule has 31 heavy (non-hydrogen) atoms. The first kappa shape index (κ1) is 21.9. The van der Waals surface area contributed by atoms with E-state index in [1.165, 1.54) is 61.8 Å². The van der Waals surface area contributed by atoms with Crippen LogP contribution in [0.5, 0.6) is 0 Å². The number of carboxylic acids is 1. The maximum absolute atomic E-state index is 11.3. The van der Waals surface area contributed by atoms with E-state index < -0.39 is 5.97 Å². The Hall–Kier alpha value is -2.29. The van der Waals surface area contributed by atoms with E-state index in [1.807, 2.05) is 12.1 Å². The number of rotatable bonds is 5. The third-order valence-electron chi connectivity index (χ3n) is 7.74. The lowest BCUT2D eigenvalue weighted by atomic mass is 9.63. The summed E-state index contributed by atoms with van der Waals surface area (Å²) in [7, 11) is 0. The second-order valence-electron chi connectivity index (χ2n) is 11.0. The molecule has 1 saturated carbocycles. The van der Waals surface area contributed by atoms with Crippen molar-refractivity contribution in [1.82, 2.24) is 0 Å². The van der Waals surface area contributed by atoms with E-state index in [9.17, 15) is 9.90 Å². The van der Waals surface area contributed by atoms with Crippen molar-refractivity contribution in [3.63, 3.8) is 0 Å². The van der Waals surface area contributed by atoms with Gasteiger partial charge in [-0.3, -0.25) is 0 Å². The minimum Gasteiger partial charge on any atom is -0.478 e. The molecule has 0 heterocycles. The lowest BCUT2D eigenvalue weighted by Gasteiger charge is -2.42. The summed E-state index contributed by atoms with van der Waals surface area (Å²) >= 11 is 0. The van der Waals surface area contributed by atoms with Crippen molar-refractivity contribution in [2.24, 2.45) is 5.92 Å². The topological polar surface area (TPSA) is 40.5 Å². The van der Waals surface area contributed by atoms with Crippen molar-refractivity contribution in [2.45, 2.75) is 83.5 Å². The van der Waals surface area contributed by atoms with E-state index in [0.717, 1.165) is 12.2 Å². The van der Waals surface area contributed by atoms with E-state index in [2.05, 4.69) is 50.8 Å². The van der Waals surface area contributed by atoms with Crippen LogP contribution in [0.3, 0.4) is 0 Å². The lowest BCUT2D eigenvalue weighted by Crippen LogP contribution is -2.34. The number of anilines is 2. The predicted molar refractivity (Wildman–Crippen MR) is 129 cm³/mol. The first-order chi connectivity index (χ1) is 14.7. The van der Waals surface area contributed by atoms with Gasteiger partial charge in [0.2, 0.25) is 0 Å². The number of carboxylic acid groups (broad SMARTS) is 1. The van der Waals surface area contributed by atoms with Crippen LogP contribution in [0.1, 0.15) is 94.1 Å². The van der Waals surface area contributed by atoms with Crippen LogP contribution < -0.4 is 4.90 Å². The van der Waals surface area contributed by atoms with Crippen LogP contribution in [0, 0.1) is 5.92 Å². The molecule has 2 aliphatic rings. The van der Waals surface area contributed by atoms with Crippen molar-refractivity contribution < 1.29 is 9.90 Å². The highest BCUT2D eigenvalue weighted by Gasteiger charge is 2.37. The van der Waals surface area contributed by atoms with Crippen molar-refractivity contribution in [3.8, 4) is 0 Å². The molecule has 0 unspecified atom stereocenters. The monoisotopic (exact) mass is 419 g/mol. The standard InChI is InChI=1S/C28H37NO2/c1-27(2)16-17-28(3,4)25-18-23(14-15-24(25)27)29(19-20-8-6-5-7-9-20)22-12-10-21(11-13-22)26(30)31/h10-15,18,20H,5-9,16-17,19H2,1-4H3,(H,30,31). The molecule has 166 valence electrons. The van der Waals surface area contributed by atoms with Gasteiger partial charge in [-0.05, 0) is 90.0 Å². The quantitative estimate of drug-likeness (QED) is 0.547. The zero-order valence-electron chi connectivity index (χ0n) is 19.6. The minimum absolute atomic E-state index is 0.171. The van der Waals surface area contributed by atoms with Crippen LogP contribution in [0.4, 0.5) is 11.4 Å². The Morgan fingerprint density at radius 3 is 2.06 bits per heavy atom. The summed E-state index contributed by atoms with van der Waals surface area (Å²) in [6.07, 6.45) is 8.98. The Labute approximate surface area is 187 Å². The van der Waals surface area contributed by atoms with Gasteiger partial charge in [0, 0.05) is 17.9 Å².